The molecule has 1 aliphatic carbocycles. The van der Waals surface area contributed by atoms with Crippen molar-refractivity contribution < 1.29 is 19.4 Å². The molecule has 1 saturated carbocycles. The van der Waals surface area contributed by atoms with Gasteiger partial charge in [-0.25, -0.2) is 0 Å². The van der Waals surface area contributed by atoms with Crippen molar-refractivity contribution in [3.05, 3.63) is 0 Å². The molecule has 1 aliphatic heterocycles. The van der Waals surface area contributed by atoms with E-state index in [9.17, 15) is 14.7 Å². The third kappa shape index (κ3) is 1.82. The van der Waals surface area contributed by atoms with Crippen LogP contribution in [0.1, 0.15) is 33.1 Å². The van der Waals surface area contributed by atoms with Crippen LogP contribution in [0.5, 0.6) is 0 Å². The molecule has 0 spiro atoms. The van der Waals surface area contributed by atoms with E-state index in [0.717, 1.165) is 6.42 Å². The van der Waals surface area contributed by atoms with Crippen LogP contribution in [0.2, 0.25) is 0 Å². The van der Waals surface area contributed by atoms with Crippen LogP contribution < -0.4 is 0 Å². The molecule has 0 atom stereocenters. The Balaban J connectivity index is 2.21. The zero-order chi connectivity index (χ0) is 12.7. The molecule has 0 radical (unpaired) electrons. The number of amides is 1. The van der Waals surface area contributed by atoms with Crippen LogP contribution in [0.3, 0.4) is 0 Å². The highest BCUT2D eigenvalue weighted by Crippen LogP contribution is 2.44. The van der Waals surface area contributed by atoms with Gasteiger partial charge in [-0.15, -0.1) is 0 Å². The first kappa shape index (κ1) is 12.4. The Kier molecular flexibility index (Phi) is 2.89. The topological polar surface area (TPSA) is 66.8 Å². The molecule has 0 aromatic carbocycles. The van der Waals surface area contributed by atoms with Gasteiger partial charge in [0.2, 0.25) is 5.91 Å². The second-order valence-electron chi connectivity index (χ2n) is 5.56. The van der Waals surface area contributed by atoms with Gasteiger partial charge in [0.25, 0.3) is 0 Å². The lowest BCUT2D eigenvalue weighted by Gasteiger charge is -2.48. The molecule has 96 valence electrons. The number of nitrogens with zero attached hydrogens (tertiary/aromatic N) is 1. The number of morpholine rings is 1. The van der Waals surface area contributed by atoms with Gasteiger partial charge in [0.1, 0.15) is 5.41 Å². The SMILES string of the molecule is CC1(C)COCCN1C(=O)C1(C(=O)O)CCC1. The number of carboxylic acid groups (broad SMARTS) is 1. The van der Waals surface area contributed by atoms with Crippen LogP contribution in [0.25, 0.3) is 0 Å². The van der Waals surface area contributed by atoms with Gasteiger partial charge in [0.15, 0.2) is 0 Å². The first-order valence-corrected chi connectivity index (χ1v) is 6.03. The van der Waals surface area contributed by atoms with Crippen molar-refractivity contribution >= 4 is 11.9 Å². The van der Waals surface area contributed by atoms with Crippen LogP contribution >= 0.6 is 0 Å². The number of carboxylic acids is 1. The molecular weight excluding hydrogens is 222 g/mol. The molecule has 1 N–H and O–H groups in total. The molecule has 5 nitrogen and oxygen atoms in total. The van der Waals surface area contributed by atoms with Gasteiger partial charge in [0.05, 0.1) is 18.8 Å². The first-order chi connectivity index (χ1) is 7.90. The Morgan fingerprint density at radius 1 is 1.29 bits per heavy atom. The fourth-order valence-corrected chi connectivity index (χ4v) is 2.54. The first-order valence-electron chi connectivity index (χ1n) is 6.03. The van der Waals surface area contributed by atoms with E-state index in [0.29, 0.717) is 32.6 Å². The molecule has 2 rings (SSSR count). The van der Waals surface area contributed by atoms with E-state index in [4.69, 9.17) is 4.74 Å². The molecule has 0 aromatic heterocycles. The van der Waals surface area contributed by atoms with Crippen molar-refractivity contribution in [3.8, 4) is 0 Å². The predicted molar refractivity (Wildman–Crippen MR) is 60.5 cm³/mol. The summed E-state index contributed by atoms with van der Waals surface area (Å²) in [5.74, 6) is -1.21. The maximum Gasteiger partial charge on any atom is 0.319 e. The second kappa shape index (κ2) is 3.98. The van der Waals surface area contributed by atoms with Crippen molar-refractivity contribution in [2.24, 2.45) is 5.41 Å². The summed E-state index contributed by atoms with van der Waals surface area (Å²) in [7, 11) is 0. The summed E-state index contributed by atoms with van der Waals surface area (Å²) in [4.78, 5) is 25.5. The summed E-state index contributed by atoms with van der Waals surface area (Å²) in [6.07, 6.45) is 1.76. The largest absolute Gasteiger partial charge is 0.480 e. The molecule has 1 saturated heterocycles. The fraction of sp³-hybridized carbons (Fsp3) is 0.833. The van der Waals surface area contributed by atoms with Gasteiger partial charge in [-0.05, 0) is 26.7 Å². The maximum absolute atomic E-state index is 12.4. The van der Waals surface area contributed by atoms with E-state index in [2.05, 4.69) is 0 Å². The van der Waals surface area contributed by atoms with E-state index in [1.807, 2.05) is 13.8 Å². The number of carbonyl (C=O) groups is 2. The van der Waals surface area contributed by atoms with E-state index >= 15 is 0 Å². The third-order valence-corrected chi connectivity index (χ3v) is 3.92. The Labute approximate surface area is 101 Å². The van der Waals surface area contributed by atoms with E-state index in [-0.39, 0.29) is 5.91 Å². The highest BCUT2D eigenvalue weighted by molar-refractivity contribution is 6.03. The highest BCUT2D eigenvalue weighted by atomic mass is 16.5. The van der Waals surface area contributed by atoms with Gasteiger partial charge >= 0.3 is 5.97 Å². The van der Waals surface area contributed by atoms with Gasteiger partial charge in [0, 0.05) is 6.54 Å². The molecular formula is C12H19NO4. The Hall–Kier alpha value is -1.10. The summed E-state index contributed by atoms with van der Waals surface area (Å²) < 4.78 is 5.35. The lowest BCUT2D eigenvalue weighted by atomic mass is 9.67. The van der Waals surface area contributed by atoms with Gasteiger partial charge in [-0.2, -0.15) is 0 Å². The Bertz CT molecular complexity index is 346. The normalized spacial score (nSPS) is 26.1. The van der Waals surface area contributed by atoms with Crippen molar-refractivity contribution in [1.29, 1.82) is 0 Å². The van der Waals surface area contributed by atoms with E-state index < -0.39 is 16.9 Å². The van der Waals surface area contributed by atoms with Crippen molar-refractivity contribution in [2.45, 2.75) is 38.6 Å². The van der Waals surface area contributed by atoms with Crippen LogP contribution in [0.15, 0.2) is 0 Å². The average Bonchev–Trinajstić information content (AvgIpc) is 2.13. The van der Waals surface area contributed by atoms with E-state index in [1.165, 1.54) is 0 Å². The van der Waals surface area contributed by atoms with Crippen LogP contribution in [-0.4, -0.2) is 47.2 Å². The number of carbonyl (C=O) groups excluding carboxylic acids is 1. The number of rotatable bonds is 2. The molecule has 0 unspecified atom stereocenters. The number of hydrogen-bond acceptors (Lipinski definition) is 3. The molecule has 0 bridgehead atoms. The molecule has 1 heterocycles. The fourth-order valence-electron chi connectivity index (χ4n) is 2.54. The molecule has 17 heavy (non-hydrogen) atoms. The third-order valence-electron chi connectivity index (χ3n) is 3.92. The average molecular weight is 241 g/mol. The lowest BCUT2D eigenvalue weighted by molar-refractivity contribution is -0.175. The zero-order valence-corrected chi connectivity index (χ0v) is 10.4. The van der Waals surface area contributed by atoms with E-state index in [1.54, 1.807) is 4.90 Å². The number of hydrogen-bond donors (Lipinski definition) is 1. The van der Waals surface area contributed by atoms with Crippen LogP contribution in [-0.2, 0) is 14.3 Å². The Morgan fingerprint density at radius 2 is 1.94 bits per heavy atom. The Morgan fingerprint density at radius 3 is 2.35 bits per heavy atom. The number of aliphatic carboxylic acids is 1. The van der Waals surface area contributed by atoms with Gasteiger partial charge in [-0.3, -0.25) is 9.59 Å². The zero-order valence-electron chi connectivity index (χ0n) is 10.4. The van der Waals surface area contributed by atoms with Gasteiger partial charge < -0.3 is 14.7 Å². The summed E-state index contributed by atoms with van der Waals surface area (Å²) in [6, 6.07) is 0. The summed E-state index contributed by atoms with van der Waals surface area (Å²) in [6.45, 7) is 5.27. The second-order valence-corrected chi connectivity index (χ2v) is 5.56. The predicted octanol–water partition coefficient (Wildman–Crippen LogP) is 0.879. The van der Waals surface area contributed by atoms with Crippen molar-refractivity contribution in [2.75, 3.05) is 19.8 Å². The molecule has 5 heteroatoms. The monoisotopic (exact) mass is 241 g/mol. The van der Waals surface area contributed by atoms with Crippen molar-refractivity contribution in [3.63, 3.8) is 0 Å². The lowest BCUT2D eigenvalue weighted by Crippen LogP contribution is -2.62. The quantitative estimate of drug-likeness (QED) is 0.729. The summed E-state index contributed by atoms with van der Waals surface area (Å²) in [5.41, 5.74) is -1.57. The standard InChI is InChI=1S/C12H19NO4/c1-11(2)8-17-7-6-13(11)9(14)12(10(15)16)4-3-5-12/h3-8H2,1-2H3,(H,15,16). The van der Waals surface area contributed by atoms with Gasteiger partial charge in [-0.1, -0.05) is 6.42 Å². The minimum atomic E-state index is -1.16. The molecule has 0 aromatic rings. The summed E-state index contributed by atoms with van der Waals surface area (Å²) >= 11 is 0. The smallest absolute Gasteiger partial charge is 0.319 e. The molecule has 2 fully saturated rings. The maximum atomic E-state index is 12.4. The minimum absolute atomic E-state index is 0.232. The van der Waals surface area contributed by atoms with Crippen LogP contribution in [0.4, 0.5) is 0 Å². The molecule has 2 aliphatic rings. The summed E-state index contributed by atoms with van der Waals surface area (Å²) in [5, 5.41) is 9.28. The minimum Gasteiger partial charge on any atom is -0.480 e. The van der Waals surface area contributed by atoms with Crippen molar-refractivity contribution in [1.82, 2.24) is 4.90 Å². The highest BCUT2D eigenvalue weighted by Gasteiger charge is 2.55. The molecule has 1 amide bonds. The van der Waals surface area contributed by atoms with Crippen LogP contribution in [0, 0.1) is 5.41 Å². The number of ether oxygens (including phenoxy) is 1.